The summed E-state index contributed by atoms with van der Waals surface area (Å²) in [6, 6.07) is 6.97. The molecule has 1 N–H and O–H groups in total. The SMILES string of the molecule is CCC1C(=O)NCCN1C(=O)c1ccn(-c2ccc(F)cc2)n1. The lowest BCUT2D eigenvalue weighted by Gasteiger charge is -2.33. The average Bonchev–Trinajstić information content (AvgIpc) is 3.04. The summed E-state index contributed by atoms with van der Waals surface area (Å²) in [7, 11) is 0. The Balaban J connectivity index is 1.83. The molecule has 1 unspecified atom stereocenters. The molecular formula is C16H17FN4O2. The van der Waals surface area contributed by atoms with E-state index in [0.29, 0.717) is 25.2 Å². The number of benzene rings is 1. The fourth-order valence-electron chi connectivity index (χ4n) is 2.69. The molecule has 0 radical (unpaired) electrons. The van der Waals surface area contributed by atoms with E-state index in [4.69, 9.17) is 0 Å². The van der Waals surface area contributed by atoms with Crippen LogP contribution in [0.4, 0.5) is 4.39 Å². The van der Waals surface area contributed by atoms with Crippen molar-refractivity contribution >= 4 is 11.8 Å². The van der Waals surface area contributed by atoms with Gasteiger partial charge in [0.2, 0.25) is 5.91 Å². The van der Waals surface area contributed by atoms with Crippen LogP contribution >= 0.6 is 0 Å². The van der Waals surface area contributed by atoms with Gasteiger partial charge in [0.25, 0.3) is 5.91 Å². The topological polar surface area (TPSA) is 67.2 Å². The summed E-state index contributed by atoms with van der Waals surface area (Å²) in [4.78, 5) is 26.0. The molecule has 2 aromatic rings. The highest BCUT2D eigenvalue weighted by Crippen LogP contribution is 2.14. The Labute approximate surface area is 132 Å². The van der Waals surface area contributed by atoms with Crippen molar-refractivity contribution in [3.63, 3.8) is 0 Å². The quantitative estimate of drug-likeness (QED) is 0.930. The Morgan fingerprint density at radius 1 is 1.35 bits per heavy atom. The largest absolute Gasteiger partial charge is 0.353 e. The van der Waals surface area contributed by atoms with Crippen LogP contribution in [0.25, 0.3) is 5.69 Å². The van der Waals surface area contributed by atoms with Gasteiger partial charge in [0, 0.05) is 19.3 Å². The number of hydrogen-bond acceptors (Lipinski definition) is 3. The maximum absolute atomic E-state index is 13.0. The van der Waals surface area contributed by atoms with Gasteiger partial charge >= 0.3 is 0 Å². The van der Waals surface area contributed by atoms with E-state index in [1.807, 2.05) is 6.92 Å². The Bertz CT molecular complexity index is 726. The highest BCUT2D eigenvalue weighted by molar-refractivity contribution is 5.96. The number of nitrogens with zero attached hydrogens (tertiary/aromatic N) is 3. The number of carbonyl (C=O) groups is 2. The monoisotopic (exact) mass is 316 g/mol. The molecule has 1 aliphatic rings. The number of amides is 2. The molecule has 3 rings (SSSR count). The van der Waals surface area contributed by atoms with Crippen molar-refractivity contribution in [3.05, 3.63) is 48.0 Å². The molecule has 0 aliphatic carbocycles. The third-order valence-corrected chi connectivity index (χ3v) is 3.88. The van der Waals surface area contributed by atoms with Crippen LogP contribution in [0, 0.1) is 5.82 Å². The molecule has 2 amide bonds. The summed E-state index contributed by atoms with van der Waals surface area (Å²) in [6.07, 6.45) is 2.20. The summed E-state index contributed by atoms with van der Waals surface area (Å²) >= 11 is 0. The number of nitrogens with one attached hydrogen (secondary N) is 1. The van der Waals surface area contributed by atoms with Gasteiger partial charge in [-0.2, -0.15) is 5.10 Å². The summed E-state index contributed by atoms with van der Waals surface area (Å²) < 4.78 is 14.5. The van der Waals surface area contributed by atoms with E-state index in [1.54, 1.807) is 29.3 Å². The fourth-order valence-corrected chi connectivity index (χ4v) is 2.69. The minimum Gasteiger partial charge on any atom is -0.353 e. The van der Waals surface area contributed by atoms with Gasteiger partial charge in [-0.25, -0.2) is 9.07 Å². The lowest BCUT2D eigenvalue weighted by atomic mass is 10.1. The zero-order valence-electron chi connectivity index (χ0n) is 12.7. The number of hydrogen-bond donors (Lipinski definition) is 1. The molecule has 1 atom stereocenters. The predicted octanol–water partition coefficient (Wildman–Crippen LogP) is 1.36. The third-order valence-electron chi connectivity index (χ3n) is 3.88. The van der Waals surface area contributed by atoms with Crippen molar-refractivity contribution in [3.8, 4) is 5.69 Å². The van der Waals surface area contributed by atoms with Crippen molar-refractivity contribution in [2.75, 3.05) is 13.1 Å². The zero-order valence-corrected chi connectivity index (χ0v) is 12.7. The molecule has 0 spiro atoms. The van der Waals surface area contributed by atoms with Crippen molar-refractivity contribution in [2.45, 2.75) is 19.4 Å². The second kappa shape index (κ2) is 6.20. The van der Waals surface area contributed by atoms with Crippen LogP contribution in [-0.2, 0) is 4.79 Å². The molecule has 1 fully saturated rings. The number of halogens is 1. The lowest BCUT2D eigenvalue weighted by molar-refractivity contribution is -0.127. The highest BCUT2D eigenvalue weighted by Gasteiger charge is 2.32. The molecule has 120 valence electrons. The van der Waals surface area contributed by atoms with Gasteiger partial charge in [0.1, 0.15) is 11.9 Å². The normalized spacial score (nSPS) is 17.9. The molecule has 0 saturated carbocycles. The van der Waals surface area contributed by atoms with Gasteiger partial charge in [0.05, 0.1) is 5.69 Å². The molecule has 23 heavy (non-hydrogen) atoms. The molecular weight excluding hydrogens is 299 g/mol. The summed E-state index contributed by atoms with van der Waals surface area (Å²) in [5, 5.41) is 7.01. The summed E-state index contributed by atoms with van der Waals surface area (Å²) in [6.45, 7) is 2.78. The first-order chi connectivity index (χ1) is 11.1. The molecule has 1 aromatic carbocycles. The third kappa shape index (κ3) is 2.94. The van der Waals surface area contributed by atoms with Crippen LogP contribution in [0.5, 0.6) is 0 Å². The van der Waals surface area contributed by atoms with E-state index < -0.39 is 6.04 Å². The van der Waals surface area contributed by atoms with Crippen LogP contribution in [-0.4, -0.2) is 45.6 Å². The molecule has 1 saturated heterocycles. The standard InChI is InChI=1S/C16H17FN4O2/c1-2-14-15(22)18-8-10-20(14)16(23)13-7-9-21(19-13)12-5-3-11(17)4-6-12/h3-7,9,14H,2,8,10H2,1H3,(H,18,22). The number of piperazine rings is 1. The van der Waals surface area contributed by atoms with Crippen molar-refractivity contribution in [1.82, 2.24) is 20.0 Å². The first-order valence-corrected chi connectivity index (χ1v) is 7.50. The Morgan fingerprint density at radius 2 is 2.09 bits per heavy atom. The number of aromatic nitrogens is 2. The maximum Gasteiger partial charge on any atom is 0.275 e. The summed E-state index contributed by atoms with van der Waals surface area (Å²) in [5.41, 5.74) is 0.927. The lowest BCUT2D eigenvalue weighted by Crippen LogP contribution is -2.57. The van der Waals surface area contributed by atoms with Crippen LogP contribution in [0.15, 0.2) is 36.5 Å². The van der Waals surface area contributed by atoms with Crippen LogP contribution < -0.4 is 5.32 Å². The second-order valence-corrected chi connectivity index (χ2v) is 5.34. The minimum absolute atomic E-state index is 0.134. The van der Waals surface area contributed by atoms with Crippen LogP contribution in [0.1, 0.15) is 23.8 Å². The number of rotatable bonds is 3. The van der Waals surface area contributed by atoms with Crippen LogP contribution in [0.3, 0.4) is 0 Å². The van der Waals surface area contributed by atoms with Gasteiger partial charge < -0.3 is 10.2 Å². The maximum atomic E-state index is 13.0. The zero-order chi connectivity index (χ0) is 16.4. The van der Waals surface area contributed by atoms with Crippen LogP contribution in [0.2, 0.25) is 0 Å². The Morgan fingerprint density at radius 3 is 2.78 bits per heavy atom. The first kappa shape index (κ1) is 15.2. The molecule has 1 aliphatic heterocycles. The molecule has 2 heterocycles. The minimum atomic E-state index is -0.466. The Hall–Kier alpha value is -2.70. The van der Waals surface area contributed by atoms with E-state index in [0.717, 1.165) is 0 Å². The van der Waals surface area contributed by atoms with Gasteiger partial charge in [0.15, 0.2) is 5.69 Å². The van der Waals surface area contributed by atoms with E-state index in [2.05, 4.69) is 10.4 Å². The smallest absolute Gasteiger partial charge is 0.275 e. The second-order valence-electron chi connectivity index (χ2n) is 5.34. The van der Waals surface area contributed by atoms with Crippen molar-refractivity contribution in [1.29, 1.82) is 0 Å². The molecule has 6 nitrogen and oxygen atoms in total. The van der Waals surface area contributed by atoms with Gasteiger partial charge in [-0.3, -0.25) is 9.59 Å². The average molecular weight is 316 g/mol. The highest BCUT2D eigenvalue weighted by atomic mass is 19.1. The van der Waals surface area contributed by atoms with E-state index >= 15 is 0 Å². The van der Waals surface area contributed by atoms with Crippen molar-refractivity contribution < 1.29 is 14.0 Å². The van der Waals surface area contributed by atoms with E-state index in [1.165, 1.54) is 16.8 Å². The van der Waals surface area contributed by atoms with Crippen molar-refractivity contribution in [2.24, 2.45) is 0 Å². The van der Waals surface area contributed by atoms with Gasteiger partial charge in [-0.1, -0.05) is 6.92 Å². The summed E-state index contributed by atoms with van der Waals surface area (Å²) in [5.74, 6) is -0.736. The van der Waals surface area contributed by atoms with E-state index in [-0.39, 0.29) is 23.3 Å². The fraction of sp³-hybridized carbons (Fsp3) is 0.312. The van der Waals surface area contributed by atoms with Gasteiger partial charge in [-0.05, 0) is 36.8 Å². The molecule has 7 heteroatoms. The Kier molecular flexibility index (Phi) is 4.10. The van der Waals surface area contributed by atoms with Gasteiger partial charge in [-0.15, -0.1) is 0 Å². The molecule has 1 aromatic heterocycles. The number of carbonyl (C=O) groups excluding carboxylic acids is 2. The molecule has 0 bridgehead atoms. The first-order valence-electron chi connectivity index (χ1n) is 7.50. The predicted molar refractivity (Wildman–Crippen MR) is 81.6 cm³/mol. The van der Waals surface area contributed by atoms with E-state index in [9.17, 15) is 14.0 Å².